The number of rotatable bonds is 5. The molecule has 0 saturated carbocycles. The molecule has 3 aromatic rings. The van der Waals surface area contributed by atoms with Crippen molar-refractivity contribution in [3.05, 3.63) is 59.8 Å². The highest BCUT2D eigenvalue weighted by Gasteiger charge is 2.14. The van der Waals surface area contributed by atoms with Crippen molar-refractivity contribution in [1.29, 1.82) is 0 Å². The topological polar surface area (TPSA) is 106 Å². The summed E-state index contributed by atoms with van der Waals surface area (Å²) in [6.45, 7) is 2.08. The number of nitrogens with zero attached hydrogens (tertiary/aromatic N) is 2. The van der Waals surface area contributed by atoms with E-state index in [2.05, 4.69) is 20.6 Å². The average molecular weight is 364 g/mol. The predicted molar refractivity (Wildman–Crippen MR) is 99.3 cm³/mol. The van der Waals surface area contributed by atoms with Gasteiger partial charge in [0.25, 0.3) is 0 Å². The Labute approximate surface area is 154 Å². The van der Waals surface area contributed by atoms with Crippen LogP contribution in [0.15, 0.2) is 48.5 Å². The van der Waals surface area contributed by atoms with Crippen molar-refractivity contribution in [3.63, 3.8) is 0 Å². The fraction of sp³-hybridized carbons (Fsp3) is 0.105. The third-order valence-electron chi connectivity index (χ3n) is 3.89. The molecule has 1 aliphatic rings. The third kappa shape index (κ3) is 3.74. The van der Waals surface area contributed by atoms with E-state index in [0.717, 1.165) is 17.1 Å². The number of aryl methyl sites for hydroxylation is 1. The van der Waals surface area contributed by atoms with Gasteiger partial charge in [-0.2, -0.15) is 4.98 Å². The van der Waals surface area contributed by atoms with E-state index in [-0.39, 0.29) is 12.4 Å². The molecular weight excluding hydrogens is 348 g/mol. The van der Waals surface area contributed by atoms with Crippen LogP contribution in [0.4, 0.5) is 23.1 Å². The molecule has 8 nitrogen and oxygen atoms in total. The van der Waals surface area contributed by atoms with Gasteiger partial charge >= 0.3 is 5.97 Å². The van der Waals surface area contributed by atoms with Crippen LogP contribution in [-0.2, 0) is 0 Å². The summed E-state index contributed by atoms with van der Waals surface area (Å²) in [6.07, 6.45) is 0. The maximum atomic E-state index is 10.9. The number of anilines is 4. The summed E-state index contributed by atoms with van der Waals surface area (Å²) in [5, 5.41) is 15.3. The molecule has 1 aromatic heterocycles. The molecule has 2 heterocycles. The Balaban J connectivity index is 1.53. The average Bonchev–Trinajstić information content (AvgIpc) is 3.09. The Morgan fingerprint density at radius 2 is 1.70 bits per heavy atom. The minimum absolute atomic E-state index is 0.217. The summed E-state index contributed by atoms with van der Waals surface area (Å²) in [7, 11) is 0. The van der Waals surface area contributed by atoms with Crippen LogP contribution in [0.3, 0.4) is 0 Å². The van der Waals surface area contributed by atoms with E-state index in [4.69, 9.17) is 14.6 Å². The first-order chi connectivity index (χ1) is 13.1. The summed E-state index contributed by atoms with van der Waals surface area (Å²) < 4.78 is 10.7. The molecule has 136 valence electrons. The molecule has 0 unspecified atom stereocenters. The smallest absolute Gasteiger partial charge is 0.335 e. The van der Waals surface area contributed by atoms with Crippen molar-refractivity contribution in [1.82, 2.24) is 9.97 Å². The number of aromatic carboxylic acids is 1. The van der Waals surface area contributed by atoms with Gasteiger partial charge in [0.2, 0.25) is 12.7 Å². The first-order valence-corrected chi connectivity index (χ1v) is 8.19. The van der Waals surface area contributed by atoms with Crippen LogP contribution >= 0.6 is 0 Å². The number of ether oxygens (including phenoxy) is 2. The Morgan fingerprint density at radius 1 is 0.963 bits per heavy atom. The van der Waals surface area contributed by atoms with Crippen LogP contribution in [0, 0.1) is 6.92 Å². The number of fused-ring (bicyclic) bond motifs is 1. The van der Waals surface area contributed by atoms with E-state index in [0.29, 0.717) is 23.3 Å². The lowest BCUT2D eigenvalue weighted by atomic mass is 10.2. The summed E-state index contributed by atoms with van der Waals surface area (Å²) in [5.74, 6) is 1.43. The van der Waals surface area contributed by atoms with Crippen molar-refractivity contribution in [2.45, 2.75) is 6.92 Å². The van der Waals surface area contributed by atoms with Gasteiger partial charge in [-0.25, -0.2) is 9.78 Å². The molecule has 0 fully saturated rings. The SMILES string of the molecule is Cc1cc(Nc2ccc(C(=O)O)cc2)nc(Nc2ccc3c(c2)OCO3)n1. The van der Waals surface area contributed by atoms with Crippen molar-refractivity contribution < 1.29 is 19.4 Å². The first kappa shape index (κ1) is 16.6. The van der Waals surface area contributed by atoms with Crippen molar-refractivity contribution >= 4 is 29.1 Å². The maximum absolute atomic E-state index is 10.9. The lowest BCUT2D eigenvalue weighted by Crippen LogP contribution is -2.03. The predicted octanol–water partition coefficient (Wildman–Crippen LogP) is 3.70. The van der Waals surface area contributed by atoms with Gasteiger partial charge in [0.15, 0.2) is 11.5 Å². The zero-order chi connectivity index (χ0) is 18.8. The summed E-state index contributed by atoms with van der Waals surface area (Å²) in [5.41, 5.74) is 2.51. The summed E-state index contributed by atoms with van der Waals surface area (Å²) in [4.78, 5) is 19.8. The van der Waals surface area contributed by atoms with Gasteiger partial charge in [0, 0.05) is 29.2 Å². The van der Waals surface area contributed by atoms with E-state index >= 15 is 0 Å². The molecule has 4 rings (SSSR count). The molecule has 0 radical (unpaired) electrons. The van der Waals surface area contributed by atoms with Gasteiger partial charge < -0.3 is 25.2 Å². The highest BCUT2D eigenvalue weighted by molar-refractivity contribution is 5.88. The van der Waals surface area contributed by atoms with Crippen molar-refractivity contribution in [2.24, 2.45) is 0 Å². The van der Waals surface area contributed by atoms with Crippen LogP contribution < -0.4 is 20.1 Å². The maximum Gasteiger partial charge on any atom is 0.335 e. The van der Waals surface area contributed by atoms with E-state index in [1.165, 1.54) is 12.1 Å². The van der Waals surface area contributed by atoms with Gasteiger partial charge in [-0.3, -0.25) is 0 Å². The number of nitrogens with one attached hydrogen (secondary N) is 2. The number of hydrogen-bond acceptors (Lipinski definition) is 7. The van der Waals surface area contributed by atoms with Crippen molar-refractivity contribution in [3.8, 4) is 11.5 Å². The first-order valence-electron chi connectivity index (χ1n) is 8.19. The normalized spacial score (nSPS) is 11.9. The number of carboxylic acids is 1. The standard InChI is InChI=1S/C19H16N4O4/c1-11-8-17(21-13-4-2-12(3-5-13)18(24)25)23-19(20-11)22-14-6-7-15-16(9-14)27-10-26-15/h2-9H,10H2,1H3,(H,24,25)(H2,20,21,22,23). The third-order valence-corrected chi connectivity index (χ3v) is 3.89. The zero-order valence-electron chi connectivity index (χ0n) is 14.4. The van der Waals surface area contributed by atoms with Gasteiger partial charge in [0.05, 0.1) is 5.56 Å². The van der Waals surface area contributed by atoms with Gasteiger partial charge in [-0.05, 0) is 43.3 Å². The molecule has 8 heteroatoms. The molecular formula is C19H16N4O4. The van der Waals surface area contributed by atoms with E-state index < -0.39 is 5.97 Å². The molecule has 1 aliphatic heterocycles. The fourth-order valence-corrected chi connectivity index (χ4v) is 2.64. The van der Waals surface area contributed by atoms with Crippen molar-refractivity contribution in [2.75, 3.05) is 17.4 Å². The molecule has 0 atom stereocenters. The largest absolute Gasteiger partial charge is 0.478 e. The molecule has 3 N–H and O–H groups in total. The lowest BCUT2D eigenvalue weighted by Gasteiger charge is -2.10. The van der Waals surface area contributed by atoms with E-state index in [1.54, 1.807) is 18.2 Å². The van der Waals surface area contributed by atoms with Crippen LogP contribution in [0.5, 0.6) is 11.5 Å². The Bertz CT molecular complexity index is 1010. The van der Waals surface area contributed by atoms with Crippen LogP contribution in [-0.4, -0.2) is 27.8 Å². The number of hydrogen-bond donors (Lipinski definition) is 3. The van der Waals surface area contributed by atoms with Gasteiger partial charge in [-0.15, -0.1) is 0 Å². The minimum atomic E-state index is -0.963. The second-order valence-electron chi connectivity index (χ2n) is 5.92. The molecule has 0 amide bonds. The monoisotopic (exact) mass is 364 g/mol. The van der Waals surface area contributed by atoms with Crippen LogP contribution in [0.25, 0.3) is 0 Å². The second kappa shape index (κ2) is 6.83. The number of benzene rings is 2. The lowest BCUT2D eigenvalue weighted by molar-refractivity contribution is 0.0697. The zero-order valence-corrected chi connectivity index (χ0v) is 14.4. The molecule has 0 saturated heterocycles. The van der Waals surface area contributed by atoms with Crippen LogP contribution in [0.2, 0.25) is 0 Å². The number of carboxylic acid groups (broad SMARTS) is 1. The highest BCUT2D eigenvalue weighted by atomic mass is 16.7. The second-order valence-corrected chi connectivity index (χ2v) is 5.92. The minimum Gasteiger partial charge on any atom is -0.478 e. The van der Waals surface area contributed by atoms with E-state index in [9.17, 15) is 4.79 Å². The quantitative estimate of drug-likeness (QED) is 0.629. The fourth-order valence-electron chi connectivity index (χ4n) is 2.64. The highest BCUT2D eigenvalue weighted by Crippen LogP contribution is 2.34. The number of aromatic nitrogens is 2. The van der Waals surface area contributed by atoms with Gasteiger partial charge in [-0.1, -0.05) is 0 Å². The number of carbonyl (C=O) groups is 1. The Kier molecular flexibility index (Phi) is 4.21. The molecule has 0 aliphatic carbocycles. The molecule has 2 aromatic carbocycles. The molecule has 27 heavy (non-hydrogen) atoms. The van der Waals surface area contributed by atoms with E-state index in [1.807, 2.05) is 25.1 Å². The summed E-state index contributed by atoms with van der Waals surface area (Å²) >= 11 is 0. The Hall–Kier alpha value is -3.81. The summed E-state index contributed by atoms with van der Waals surface area (Å²) in [6, 6.07) is 13.7. The molecule has 0 spiro atoms. The van der Waals surface area contributed by atoms with Gasteiger partial charge in [0.1, 0.15) is 5.82 Å². The Morgan fingerprint density at radius 3 is 2.48 bits per heavy atom. The molecule has 0 bridgehead atoms. The van der Waals surface area contributed by atoms with Crippen LogP contribution in [0.1, 0.15) is 16.1 Å².